The van der Waals surface area contributed by atoms with Gasteiger partial charge >= 0.3 is 0 Å². The van der Waals surface area contributed by atoms with E-state index in [9.17, 15) is 9.59 Å². The van der Waals surface area contributed by atoms with Crippen LogP contribution in [0, 0.1) is 0 Å². The number of nitrogens with one attached hydrogen (secondary N) is 1. The zero-order valence-corrected chi connectivity index (χ0v) is 20.6. The van der Waals surface area contributed by atoms with Gasteiger partial charge in [0.15, 0.2) is 0 Å². The Bertz CT molecular complexity index is 1080. The molecule has 3 aromatic rings. The summed E-state index contributed by atoms with van der Waals surface area (Å²) >= 11 is 7.49. The van der Waals surface area contributed by atoms with Crippen molar-refractivity contribution in [2.24, 2.45) is 0 Å². The smallest absolute Gasteiger partial charge is 0.251 e. The quantitative estimate of drug-likeness (QED) is 0.442. The Labute approximate surface area is 209 Å². The molecule has 1 aliphatic heterocycles. The Kier molecular flexibility index (Phi) is 8.21. The van der Waals surface area contributed by atoms with E-state index in [-0.39, 0.29) is 23.7 Å². The lowest BCUT2D eigenvalue weighted by atomic mass is 10.1. The van der Waals surface area contributed by atoms with Crippen molar-refractivity contribution < 1.29 is 14.3 Å². The Hall–Kier alpha value is -2.87. The third-order valence-electron chi connectivity index (χ3n) is 5.84. The number of nitrogens with zero attached hydrogens (tertiary/aromatic N) is 2. The van der Waals surface area contributed by atoms with Gasteiger partial charge in [-0.3, -0.25) is 14.5 Å². The van der Waals surface area contributed by atoms with Crippen LogP contribution in [-0.4, -0.2) is 48.3 Å². The van der Waals surface area contributed by atoms with Gasteiger partial charge in [-0.15, -0.1) is 22.9 Å². The molecular formula is C26H28ClN3O3S. The molecule has 6 nitrogen and oxygen atoms in total. The van der Waals surface area contributed by atoms with E-state index in [0.29, 0.717) is 24.5 Å². The van der Waals surface area contributed by atoms with Crippen molar-refractivity contribution in [1.29, 1.82) is 0 Å². The fourth-order valence-electron chi connectivity index (χ4n) is 4.08. The molecule has 1 aromatic heterocycles. The number of para-hydroxylation sites is 1. The van der Waals surface area contributed by atoms with Crippen LogP contribution in [0.3, 0.4) is 0 Å². The van der Waals surface area contributed by atoms with E-state index in [4.69, 9.17) is 16.3 Å². The molecule has 2 heterocycles. The summed E-state index contributed by atoms with van der Waals surface area (Å²) in [4.78, 5) is 31.1. The second-order valence-corrected chi connectivity index (χ2v) is 9.31. The fraction of sp³-hybridized carbons (Fsp3) is 0.308. The number of anilines is 1. The number of carbonyl (C=O) groups is 2. The maximum Gasteiger partial charge on any atom is 0.251 e. The topological polar surface area (TPSA) is 61.9 Å². The van der Waals surface area contributed by atoms with Crippen LogP contribution in [-0.2, 0) is 9.59 Å². The number of carbonyl (C=O) groups excluding carboxylic acids is 2. The van der Waals surface area contributed by atoms with Crippen molar-refractivity contribution in [2.75, 3.05) is 30.4 Å². The minimum atomic E-state index is -0.775. The van der Waals surface area contributed by atoms with Crippen LogP contribution in [0.25, 0.3) is 0 Å². The van der Waals surface area contributed by atoms with Crippen LogP contribution in [0.5, 0.6) is 11.5 Å². The van der Waals surface area contributed by atoms with Gasteiger partial charge < -0.3 is 15.0 Å². The summed E-state index contributed by atoms with van der Waals surface area (Å²) in [5.74, 6) is 0.717. The SMILES string of the molecule is CC[C@H]1CN(C(=O)C(c2cccs2)N(C(=O)CCl)c2ccc(Oc3ccccc3)cc2)CCN1. The highest BCUT2D eigenvalue weighted by Crippen LogP contribution is 2.34. The minimum Gasteiger partial charge on any atom is -0.457 e. The molecule has 2 atom stereocenters. The number of piperazine rings is 1. The zero-order chi connectivity index (χ0) is 23.9. The lowest BCUT2D eigenvalue weighted by Crippen LogP contribution is -2.55. The van der Waals surface area contributed by atoms with Crippen molar-refractivity contribution in [3.8, 4) is 11.5 Å². The third kappa shape index (κ3) is 5.60. The molecule has 34 heavy (non-hydrogen) atoms. The lowest BCUT2D eigenvalue weighted by Gasteiger charge is -2.38. The highest BCUT2D eigenvalue weighted by Gasteiger charge is 2.37. The zero-order valence-electron chi connectivity index (χ0n) is 19.0. The van der Waals surface area contributed by atoms with Gasteiger partial charge in [-0.2, -0.15) is 0 Å². The number of alkyl halides is 1. The van der Waals surface area contributed by atoms with E-state index < -0.39 is 6.04 Å². The van der Waals surface area contributed by atoms with Gasteiger partial charge in [0, 0.05) is 36.2 Å². The van der Waals surface area contributed by atoms with Crippen molar-refractivity contribution >= 4 is 40.4 Å². The molecule has 0 spiro atoms. The van der Waals surface area contributed by atoms with Crippen LogP contribution in [0.15, 0.2) is 72.1 Å². The van der Waals surface area contributed by atoms with Gasteiger partial charge in [-0.05, 0) is 54.3 Å². The normalized spacial score (nSPS) is 16.6. The van der Waals surface area contributed by atoms with E-state index in [0.717, 1.165) is 23.6 Å². The molecule has 1 aliphatic rings. The molecule has 1 saturated heterocycles. The number of hydrogen-bond donors (Lipinski definition) is 1. The predicted octanol–water partition coefficient (Wildman–Crippen LogP) is 5.06. The molecule has 0 aliphatic carbocycles. The van der Waals surface area contributed by atoms with Gasteiger partial charge in [-0.25, -0.2) is 0 Å². The van der Waals surface area contributed by atoms with E-state index in [1.165, 1.54) is 16.2 Å². The highest BCUT2D eigenvalue weighted by atomic mass is 35.5. The van der Waals surface area contributed by atoms with Gasteiger partial charge in [-0.1, -0.05) is 31.2 Å². The van der Waals surface area contributed by atoms with Crippen molar-refractivity contribution in [3.63, 3.8) is 0 Å². The Morgan fingerprint density at radius 1 is 1.12 bits per heavy atom. The number of thiophene rings is 1. The molecule has 8 heteroatoms. The van der Waals surface area contributed by atoms with Gasteiger partial charge in [0.25, 0.3) is 5.91 Å². The first-order chi connectivity index (χ1) is 16.6. The maximum absolute atomic E-state index is 13.8. The molecule has 1 N–H and O–H groups in total. The molecule has 178 valence electrons. The second kappa shape index (κ2) is 11.5. The van der Waals surface area contributed by atoms with Crippen LogP contribution in [0.4, 0.5) is 5.69 Å². The first-order valence-corrected chi connectivity index (χ1v) is 12.8. The molecule has 0 radical (unpaired) electrons. The van der Waals surface area contributed by atoms with Crippen molar-refractivity contribution in [3.05, 3.63) is 77.0 Å². The Morgan fingerprint density at radius 2 is 1.85 bits per heavy atom. The Morgan fingerprint density at radius 3 is 2.50 bits per heavy atom. The third-order valence-corrected chi connectivity index (χ3v) is 6.99. The number of amides is 2. The number of benzene rings is 2. The van der Waals surface area contributed by atoms with E-state index in [2.05, 4.69) is 12.2 Å². The largest absolute Gasteiger partial charge is 0.457 e. The van der Waals surface area contributed by atoms with Gasteiger partial charge in [0.1, 0.15) is 23.4 Å². The minimum absolute atomic E-state index is 0.0921. The molecule has 0 bridgehead atoms. The van der Waals surface area contributed by atoms with Crippen LogP contribution >= 0.6 is 22.9 Å². The molecule has 2 aromatic carbocycles. The number of ether oxygens (including phenoxy) is 1. The van der Waals surface area contributed by atoms with Crippen LogP contribution in [0.1, 0.15) is 24.3 Å². The molecule has 1 unspecified atom stereocenters. The second-order valence-electron chi connectivity index (χ2n) is 8.07. The standard InChI is InChI=1S/C26H28ClN3O3S/c1-2-19-18-29(15-14-28-19)26(32)25(23-9-6-16-34-23)30(24(31)17-27)20-10-12-22(13-11-20)33-21-7-4-3-5-8-21/h3-13,16,19,25,28H,2,14-15,17-18H2,1H3/t19-,25?/m0/s1. The summed E-state index contributed by atoms with van der Waals surface area (Å²) in [7, 11) is 0. The average Bonchev–Trinajstić information content (AvgIpc) is 3.42. The summed E-state index contributed by atoms with van der Waals surface area (Å²) in [6.45, 7) is 4.05. The fourth-order valence-corrected chi connectivity index (χ4v) is 5.01. The van der Waals surface area contributed by atoms with Crippen LogP contribution < -0.4 is 15.0 Å². The Balaban J connectivity index is 1.65. The van der Waals surface area contributed by atoms with E-state index in [1.54, 1.807) is 24.3 Å². The molecule has 0 saturated carbocycles. The number of halogens is 1. The van der Waals surface area contributed by atoms with Crippen molar-refractivity contribution in [1.82, 2.24) is 10.2 Å². The molecule has 1 fully saturated rings. The van der Waals surface area contributed by atoms with Gasteiger partial charge in [0.05, 0.1) is 0 Å². The first-order valence-electron chi connectivity index (χ1n) is 11.4. The first kappa shape index (κ1) is 24.3. The highest BCUT2D eigenvalue weighted by molar-refractivity contribution is 7.10. The molecular weight excluding hydrogens is 470 g/mol. The monoisotopic (exact) mass is 497 g/mol. The molecule has 2 amide bonds. The summed E-state index contributed by atoms with van der Waals surface area (Å²) in [6, 6.07) is 19.9. The summed E-state index contributed by atoms with van der Waals surface area (Å²) in [5.41, 5.74) is 0.597. The lowest BCUT2D eigenvalue weighted by molar-refractivity contribution is -0.135. The van der Waals surface area contributed by atoms with Gasteiger partial charge in [0.2, 0.25) is 5.91 Å². The van der Waals surface area contributed by atoms with Crippen LogP contribution in [0.2, 0.25) is 0 Å². The van der Waals surface area contributed by atoms with E-state index in [1.807, 2.05) is 52.7 Å². The maximum atomic E-state index is 13.8. The number of rotatable bonds is 8. The summed E-state index contributed by atoms with van der Waals surface area (Å²) in [6.07, 6.45) is 0.931. The predicted molar refractivity (Wildman–Crippen MR) is 137 cm³/mol. The number of hydrogen-bond acceptors (Lipinski definition) is 5. The van der Waals surface area contributed by atoms with Crippen molar-refractivity contribution in [2.45, 2.75) is 25.4 Å². The average molecular weight is 498 g/mol. The summed E-state index contributed by atoms with van der Waals surface area (Å²) in [5, 5.41) is 5.36. The van der Waals surface area contributed by atoms with E-state index >= 15 is 0 Å². The molecule has 4 rings (SSSR count). The summed E-state index contributed by atoms with van der Waals surface area (Å²) < 4.78 is 5.89.